The van der Waals surface area contributed by atoms with Crippen LogP contribution >= 0.6 is 0 Å². The number of hydrogen-bond donors (Lipinski definition) is 2. The highest BCUT2D eigenvalue weighted by Gasteiger charge is 2.02. The second-order valence-corrected chi connectivity index (χ2v) is 3.95. The first kappa shape index (κ1) is 14.5. The predicted molar refractivity (Wildman–Crippen MR) is 72.6 cm³/mol. The summed E-state index contributed by atoms with van der Waals surface area (Å²) in [5.74, 6) is -0.107. The van der Waals surface area contributed by atoms with Gasteiger partial charge in [0.1, 0.15) is 6.61 Å². The second kappa shape index (κ2) is 8.49. The number of benzene rings is 1. The van der Waals surface area contributed by atoms with Gasteiger partial charge in [0.15, 0.2) is 0 Å². The van der Waals surface area contributed by atoms with Crippen LogP contribution in [0.3, 0.4) is 0 Å². The molecule has 5 heteroatoms. The minimum absolute atomic E-state index is 0.0756. The van der Waals surface area contributed by atoms with Crippen molar-refractivity contribution in [2.45, 2.75) is 0 Å². The standard InChI is InChI=1S/C13H21N3O2/c1-16(12-5-3-2-4-6-12)9-8-15-13(17)11-18-10-7-14/h2-6H,7-11,14H2,1H3,(H,15,17). The SMILES string of the molecule is CN(CCNC(=O)COCCN)c1ccccc1. The molecule has 0 unspecified atom stereocenters. The minimum atomic E-state index is -0.107. The van der Waals surface area contributed by atoms with Crippen LogP contribution in [0.2, 0.25) is 0 Å². The van der Waals surface area contributed by atoms with E-state index in [1.807, 2.05) is 37.4 Å². The number of likely N-dealkylation sites (N-methyl/N-ethyl adjacent to an activating group) is 1. The van der Waals surface area contributed by atoms with Gasteiger partial charge in [0.05, 0.1) is 6.61 Å². The van der Waals surface area contributed by atoms with Crippen molar-refractivity contribution < 1.29 is 9.53 Å². The van der Waals surface area contributed by atoms with Crippen LogP contribution < -0.4 is 16.0 Å². The molecule has 0 heterocycles. The summed E-state index contributed by atoms with van der Waals surface area (Å²) in [5, 5.41) is 2.80. The van der Waals surface area contributed by atoms with Crippen molar-refractivity contribution in [2.75, 3.05) is 44.8 Å². The van der Waals surface area contributed by atoms with Crippen LogP contribution in [-0.2, 0) is 9.53 Å². The molecule has 1 amide bonds. The number of para-hydroxylation sites is 1. The van der Waals surface area contributed by atoms with Crippen LogP contribution in [0, 0.1) is 0 Å². The molecule has 100 valence electrons. The first-order chi connectivity index (χ1) is 8.74. The van der Waals surface area contributed by atoms with Crippen molar-refractivity contribution in [1.29, 1.82) is 0 Å². The normalized spacial score (nSPS) is 10.1. The molecule has 0 aliphatic carbocycles. The number of nitrogens with zero attached hydrogens (tertiary/aromatic N) is 1. The summed E-state index contributed by atoms with van der Waals surface area (Å²) >= 11 is 0. The van der Waals surface area contributed by atoms with Gasteiger partial charge in [-0.25, -0.2) is 0 Å². The highest BCUT2D eigenvalue weighted by Crippen LogP contribution is 2.09. The molecule has 0 radical (unpaired) electrons. The monoisotopic (exact) mass is 251 g/mol. The van der Waals surface area contributed by atoms with Gasteiger partial charge in [-0.15, -0.1) is 0 Å². The Labute approximate surface area is 108 Å². The van der Waals surface area contributed by atoms with Gasteiger partial charge >= 0.3 is 0 Å². The number of nitrogens with one attached hydrogen (secondary N) is 1. The number of ether oxygens (including phenoxy) is 1. The second-order valence-electron chi connectivity index (χ2n) is 3.95. The van der Waals surface area contributed by atoms with Crippen LogP contribution in [0.1, 0.15) is 0 Å². The molecule has 0 fully saturated rings. The van der Waals surface area contributed by atoms with Crippen molar-refractivity contribution in [1.82, 2.24) is 5.32 Å². The Morgan fingerprint density at radius 1 is 1.39 bits per heavy atom. The summed E-state index contributed by atoms with van der Waals surface area (Å²) in [7, 11) is 1.99. The Morgan fingerprint density at radius 3 is 2.78 bits per heavy atom. The maximum atomic E-state index is 11.3. The molecule has 0 saturated carbocycles. The van der Waals surface area contributed by atoms with E-state index in [1.165, 1.54) is 0 Å². The molecular weight excluding hydrogens is 230 g/mol. The highest BCUT2D eigenvalue weighted by molar-refractivity contribution is 5.77. The Kier molecular flexibility index (Phi) is 6.83. The summed E-state index contributed by atoms with van der Waals surface area (Å²) in [4.78, 5) is 13.4. The fourth-order valence-corrected chi connectivity index (χ4v) is 1.47. The average Bonchev–Trinajstić information content (AvgIpc) is 2.40. The van der Waals surface area contributed by atoms with Crippen LogP contribution in [-0.4, -0.2) is 45.8 Å². The summed E-state index contributed by atoms with van der Waals surface area (Å²) < 4.78 is 5.04. The Bertz CT molecular complexity index is 343. The van der Waals surface area contributed by atoms with Gasteiger partial charge in [0, 0.05) is 32.4 Å². The molecule has 0 bridgehead atoms. The van der Waals surface area contributed by atoms with E-state index >= 15 is 0 Å². The van der Waals surface area contributed by atoms with E-state index in [0.29, 0.717) is 19.7 Å². The van der Waals surface area contributed by atoms with Crippen LogP contribution in [0.15, 0.2) is 30.3 Å². The van der Waals surface area contributed by atoms with Gasteiger partial charge in [-0.1, -0.05) is 18.2 Å². The Balaban J connectivity index is 2.16. The lowest BCUT2D eigenvalue weighted by Gasteiger charge is -2.19. The van der Waals surface area contributed by atoms with Crippen molar-refractivity contribution in [3.63, 3.8) is 0 Å². The van der Waals surface area contributed by atoms with Crippen molar-refractivity contribution in [3.05, 3.63) is 30.3 Å². The number of nitrogens with two attached hydrogens (primary N) is 1. The predicted octanol–water partition coefficient (Wildman–Crippen LogP) is 0.214. The summed E-state index contributed by atoms with van der Waals surface area (Å²) in [5.41, 5.74) is 6.39. The van der Waals surface area contributed by atoms with E-state index in [9.17, 15) is 4.79 Å². The summed E-state index contributed by atoms with van der Waals surface area (Å²) in [6, 6.07) is 10.0. The van der Waals surface area contributed by atoms with Gasteiger partial charge in [-0.2, -0.15) is 0 Å². The van der Waals surface area contributed by atoms with E-state index in [0.717, 1.165) is 12.2 Å². The third-order valence-electron chi connectivity index (χ3n) is 2.46. The fraction of sp³-hybridized carbons (Fsp3) is 0.462. The quantitative estimate of drug-likeness (QED) is 0.648. The Morgan fingerprint density at radius 2 is 2.11 bits per heavy atom. The van der Waals surface area contributed by atoms with Gasteiger partial charge in [-0.05, 0) is 12.1 Å². The number of rotatable bonds is 8. The first-order valence-corrected chi connectivity index (χ1v) is 6.04. The van der Waals surface area contributed by atoms with E-state index in [-0.39, 0.29) is 12.5 Å². The average molecular weight is 251 g/mol. The van der Waals surface area contributed by atoms with Crippen molar-refractivity contribution in [3.8, 4) is 0 Å². The molecule has 0 saturated heterocycles. The van der Waals surface area contributed by atoms with Gasteiger partial charge in [0.25, 0.3) is 0 Å². The molecule has 5 nitrogen and oxygen atoms in total. The van der Waals surface area contributed by atoms with E-state index < -0.39 is 0 Å². The van der Waals surface area contributed by atoms with Crippen LogP contribution in [0.4, 0.5) is 5.69 Å². The summed E-state index contributed by atoms with van der Waals surface area (Å²) in [6.45, 7) is 2.27. The third kappa shape index (κ3) is 5.65. The maximum absolute atomic E-state index is 11.3. The number of carbonyl (C=O) groups excluding carboxylic acids is 1. The summed E-state index contributed by atoms with van der Waals surface area (Å²) in [6.07, 6.45) is 0. The highest BCUT2D eigenvalue weighted by atomic mass is 16.5. The van der Waals surface area contributed by atoms with Gasteiger partial charge in [-0.3, -0.25) is 4.79 Å². The topological polar surface area (TPSA) is 67.6 Å². The molecule has 0 spiro atoms. The van der Waals surface area contributed by atoms with Crippen LogP contribution in [0.25, 0.3) is 0 Å². The van der Waals surface area contributed by atoms with Crippen molar-refractivity contribution in [2.24, 2.45) is 5.73 Å². The van der Waals surface area contributed by atoms with Crippen molar-refractivity contribution >= 4 is 11.6 Å². The molecule has 1 aromatic rings. The van der Waals surface area contributed by atoms with E-state index in [4.69, 9.17) is 10.5 Å². The molecule has 0 aromatic heterocycles. The first-order valence-electron chi connectivity index (χ1n) is 6.04. The van der Waals surface area contributed by atoms with E-state index in [2.05, 4.69) is 10.2 Å². The van der Waals surface area contributed by atoms with Gasteiger partial charge < -0.3 is 20.7 Å². The smallest absolute Gasteiger partial charge is 0.246 e. The fourth-order valence-electron chi connectivity index (χ4n) is 1.47. The van der Waals surface area contributed by atoms with Gasteiger partial charge in [0.2, 0.25) is 5.91 Å². The zero-order valence-corrected chi connectivity index (χ0v) is 10.8. The molecule has 0 aliphatic rings. The van der Waals surface area contributed by atoms with Crippen LogP contribution in [0.5, 0.6) is 0 Å². The number of amides is 1. The molecule has 1 rings (SSSR count). The largest absolute Gasteiger partial charge is 0.373 e. The molecule has 0 aliphatic heterocycles. The zero-order chi connectivity index (χ0) is 13.2. The zero-order valence-electron chi connectivity index (χ0n) is 10.8. The lowest BCUT2D eigenvalue weighted by molar-refractivity contribution is -0.125. The number of hydrogen-bond acceptors (Lipinski definition) is 4. The number of anilines is 1. The molecule has 18 heavy (non-hydrogen) atoms. The lowest BCUT2D eigenvalue weighted by Crippen LogP contribution is -2.35. The van der Waals surface area contributed by atoms with E-state index in [1.54, 1.807) is 0 Å². The third-order valence-corrected chi connectivity index (χ3v) is 2.46. The Hall–Kier alpha value is -1.59. The lowest BCUT2D eigenvalue weighted by atomic mass is 10.3. The molecule has 3 N–H and O–H groups in total. The number of carbonyl (C=O) groups is 1. The molecule has 0 atom stereocenters. The minimum Gasteiger partial charge on any atom is -0.373 e. The molecule has 1 aromatic carbocycles. The molecular formula is C13H21N3O2. The maximum Gasteiger partial charge on any atom is 0.246 e.